The zero-order chi connectivity index (χ0) is 19.7. The Labute approximate surface area is 165 Å². The molecule has 0 saturated carbocycles. The molecule has 142 valence electrons. The lowest BCUT2D eigenvalue weighted by molar-refractivity contribution is -0.114. The first kappa shape index (κ1) is 22.1. The van der Waals surface area contributed by atoms with Gasteiger partial charge in [0.05, 0.1) is 10.0 Å². The molecular weight excluding hydrogens is 371 g/mol. The second kappa shape index (κ2) is 10.9. The first-order valence-corrected chi connectivity index (χ1v) is 9.21. The van der Waals surface area contributed by atoms with Crippen LogP contribution in [-0.4, -0.2) is 18.2 Å². The summed E-state index contributed by atoms with van der Waals surface area (Å²) in [5.74, 6) is 0.354. The van der Waals surface area contributed by atoms with Crippen molar-refractivity contribution >= 4 is 34.8 Å². The van der Waals surface area contributed by atoms with E-state index in [1.165, 1.54) is 6.20 Å². The number of nitrogens with two attached hydrogens (primary N) is 1. The average molecular weight is 397 g/mol. The summed E-state index contributed by atoms with van der Waals surface area (Å²) in [4.78, 5) is 16.9. The molecular formula is C19H26Cl2N4O. The van der Waals surface area contributed by atoms with Crippen LogP contribution in [0.5, 0.6) is 0 Å². The summed E-state index contributed by atoms with van der Waals surface area (Å²) < 4.78 is 0. The smallest absolute Gasteiger partial charge is 0.275 e. The van der Waals surface area contributed by atoms with Gasteiger partial charge < -0.3 is 16.4 Å². The summed E-state index contributed by atoms with van der Waals surface area (Å²) in [6, 6.07) is 5.42. The fraction of sp³-hybridized carbons (Fsp3) is 0.368. The van der Waals surface area contributed by atoms with E-state index in [0.29, 0.717) is 40.2 Å². The number of hydrogen-bond donors (Lipinski definition) is 3. The van der Waals surface area contributed by atoms with Gasteiger partial charge in [0.15, 0.2) is 0 Å². The van der Waals surface area contributed by atoms with Gasteiger partial charge in [0, 0.05) is 13.1 Å². The van der Waals surface area contributed by atoms with Crippen LogP contribution < -0.4 is 16.4 Å². The predicted octanol–water partition coefficient (Wildman–Crippen LogP) is 4.16. The van der Waals surface area contributed by atoms with E-state index in [9.17, 15) is 4.79 Å². The second-order valence-corrected chi connectivity index (χ2v) is 6.55. The van der Waals surface area contributed by atoms with E-state index in [-0.39, 0.29) is 5.91 Å². The number of rotatable bonds is 8. The summed E-state index contributed by atoms with van der Waals surface area (Å²) in [7, 11) is 0. The van der Waals surface area contributed by atoms with Gasteiger partial charge in [-0.3, -0.25) is 9.79 Å². The molecule has 0 fully saturated rings. The highest BCUT2D eigenvalue weighted by Crippen LogP contribution is 2.22. The number of hydrogen-bond acceptors (Lipinski definition) is 4. The molecule has 1 rings (SSSR count). The van der Waals surface area contributed by atoms with Crippen LogP contribution in [0.1, 0.15) is 39.7 Å². The Bertz CT molecular complexity index is 739. The molecule has 0 aliphatic rings. The Balaban J connectivity index is 2.96. The molecule has 1 aromatic rings. The molecule has 7 heteroatoms. The number of aliphatic imine (C=N–C) groups is 1. The first-order chi connectivity index (χ1) is 12.3. The standard InChI is InChI=1S/C19H26Cl2N4O/c1-5-12(3)18(24-11-14-7-8-15(20)16(21)9-14)25-19(26)17(23-6-2)13(4)10-22/h7-10,24H,5-6,11,22H2,1-4H3,(H,25,26)/b13-10?,18-12-,23-17?. The van der Waals surface area contributed by atoms with Gasteiger partial charge in [-0.05, 0) is 62.2 Å². The van der Waals surface area contributed by atoms with Gasteiger partial charge in [0.25, 0.3) is 5.91 Å². The maximum atomic E-state index is 12.6. The fourth-order valence-corrected chi connectivity index (χ4v) is 2.42. The highest BCUT2D eigenvalue weighted by atomic mass is 35.5. The van der Waals surface area contributed by atoms with Crippen molar-refractivity contribution in [2.75, 3.05) is 6.54 Å². The van der Waals surface area contributed by atoms with Crippen LogP contribution in [0.15, 0.2) is 46.4 Å². The summed E-state index contributed by atoms with van der Waals surface area (Å²) in [5.41, 5.74) is 8.47. The van der Waals surface area contributed by atoms with Gasteiger partial charge in [-0.25, -0.2) is 0 Å². The minimum Gasteiger partial charge on any atom is -0.404 e. The minimum atomic E-state index is -0.296. The van der Waals surface area contributed by atoms with Crippen LogP contribution in [0.2, 0.25) is 10.0 Å². The predicted molar refractivity (Wildman–Crippen MR) is 110 cm³/mol. The minimum absolute atomic E-state index is 0.296. The number of nitrogens with one attached hydrogen (secondary N) is 2. The van der Waals surface area contributed by atoms with Crippen molar-refractivity contribution in [3.05, 3.63) is 57.0 Å². The third-order valence-electron chi connectivity index (χ3n) is 3.80. The van der Waals surface area contributed by atoms with Gasteiger partial charge in [-0.15, -0.1) is 0 Å². The molecule has 0 heterocycles. The van der Waals surface area contributed by atoms with Crippen LogP contribution >= 0.6 is 23.2 Å². The molecule has 5 nitrogen and oxygen atoms in total. The van der Waals surface area contributed by atoms with Crippen molar-refractivity contribution in [1.82, 2.24) is 10.6 Å². The van der Waals surface area contributed by atoms with Crippen LogP contribution in [0.3, 0.4) is 0 Å². The zero-order valence-electron chi connectivity index (χ0n) is 15.6. The molecule has 0 atom stereocenters. The van der Waals surface area contributed by atoms with E-state index in [2.05, 4.69) is 15.6 Å². The largest absolute Gasteiger partial charge is 0.404 e. The van der Waals surface area contributed by atoms with Gasteiger partial charge in [-0.1, -0.05) is 36.2 Å². The number of halogens is 2. The maximum Gasteiger partial charge on any atom is 0.275 e. The van der Waals surface area contributed by atoms with Gasteiger partial charge in [0.2, 0.25) is 0 Å². The Kier molecular flexibility index (Phi) is 9.24. The number of carbonyl (C=O) groups excluding carboxylic acids is 1. The van der Waals surface area contributed by atoms with E-state index in [1.807, 2.05) is 26.8 Å². The van der Waals surface area contributed by atoms with E-state index in [4.69, 9.17) is 28.9 Å². The number of carbonyl (C=O) groups is 1. The molecule has 0 saturated heterocycles. The quantitative estimate of drug-likeness (QED) is 0.576. The Hall–Kier alpha value is -1.98. The van der Waals surface area contributed by atoms with Crippen LogP contribution in [0.25, 0.3) is 0 Å². The van der Waals surface area contributed by atoms with Crippen LogP contribution in [0, 0.1) is 0 Å². The van der Waals surface area contributed by atoms with Crippen molar-refractivity contribution in [3.8, 4) is 0 Å². The number of benzene rings is 1. The first-order valence-electron chi connectivity index (χ1n) is 8.46. The van der Waals surface area contributed by atoms with E-state index >= 15 is 0 Å². The normalized spacial score (nSPS) is 13.3. The number of allylic oxidation sites excluding steroid dienone is 1. The van der Waals surface area contributed by atoms with E-state index in [1.54, 1.807) is 19.1 Å². The molecule has 0 bridgehead atoms. The molecule has 0 aromatic heterocycles. The summed E-state index contributed by atoms with van der Waals surface area (Å²) in [5, 5.41) is 7.17. The molecule has 0 unspecified atom stereocenters. The SMILES string of the molecule is CCN=C(C(=O)N/C(NCc1ccc(Cl)c(Cl)c1)=C(/C)CC)C(C)=CN. The van der Waals surface area contributed by atoms with Crippen molar-refractivity contribution in [2.45, 2.75) is 40.7 Å². The third-order valence-corrected chi connectivity index (χ3v) is 4.54. The van der Waals surface area contributed by atoms with Crippen molar-refractivity contribution in [2.24, 2.45) is 10.7 Å². The van der Waals surface area contributed by atoms with Gasteiger partial charge in [0.1, 0.15) is 11.5 Å². The molecule has 0 spiro atoms. The molecule has 0 aliphatic heterocycles. The van der Waals surface area contributed by atoms with Crippen molar-refractivity contribution in [3.63, 3.8) is 0 Å². The Morgan fingerprint density at radius 3 is 2.46 bits per heavy atom. The third kappa shape index (κ3) is 6.39. The van der Waals surface area contributed by atoms with Crippen LogP contribution in [-0.2, 0) is 11.3 Å². The number of nitrogens with zero attached hydrogens (tertiary/aromatic N) is 1. The zero-order valence-corrected chi connectivity index (χ0v) is 17.1. The Morgan fingerprint density at radius 1 is 1.23 bits per heavy atom. The monoisotopic (exact) mass is 396 g/mol. The summed E-state index contributed by atoms with van der Waals surface area (Å²) in [6.07, 6.45) is 2.17. The molecule has 0 radical (unpaired) electrons. The molecule has 1 aromatic carbocycles. The maximum absolute atomic E-state index is 12.6. The molecule has 4 N–H and O–H groups in total. The van der Waals surface area contributed by atoms with E-state index < -0.39 is 0 Å². The molecule has 0 aliphatic carbocycles. The highest BCUT2D eigenvalue weighted by molar-refractivity contribution is 6.45. The highest BCUT2D eigenvalue weighted by Gasteiger charge is 2.15. The van der Waals surface area contributed by atoms with Crippen molar-refractivity contribution < 1.29 is 4.79 Å². The second-order valence-electron chi connectivity index (χ2n) is 5.74. The lowest BCUT2D eigenvalue weighted by Crippen LogP contribution is -2.37. The van der Waals surface area contributed by atoms with Crippen LogP contribution in [0.4, 0.5) is 0 Å². The van der Waals surface area contributed by atoms with E-state index in [0.717, 1.165) is 17.6 Å². The molecule has 26 heavy (non-hydrogen) atoms. The Morgan fingerprint density at radius 2 is 1.92 bits per heavy atom. The van der Waals surface area contributed by atoms with Gasteiger partial charge >= 0.3 is 0 Å². The van der Waals surface area contributed by atoms with Gasteiger partial charge in [-0.2, -0.15) is 0 Å². The topological polar surface area (TPSA) is 79.5 Å². The lowest BCUT2D eigenvalue weighted by atomic mass is 10.1. The summed E-state index contributed by atoms with van der Waals surface area (Å²) >= 11 is 12.0. The average Bonchev–Trinajstić information content (AvgIpc) is 2.64. The lowest BCUT2D eigenvalue weighted by Gasteiger charge is -2.17. The van der Waals surface area contributed by atoms with Crippen molar-refractivity contribution in [1.29, 1.82) is 0 Å². The number of amides is 1. The molecule has 1 amide bonds. The fourth-order valence-electron chi connectivity index (χ4n) is 2.10. The summed E-state index contributed by atoms with van der Waals surface area (Å²) in [6.45, 7) is 8.60.